The molecule has 0 fully saturated rings. The highest BCUT2D eigenvalue weighted by Crippen LogP contribution is 2.48. The Balaban J connectivity index is 2.17. The van der Waals surface area contributed by atoms with E-state index in [1.807, 2.05) is 13.8 Å². The molecule has 0 saturated heterocycles. The molecular formula is C26H32BrNO7S. The third-order valence-corrected chi connectivity index (χ3v) is 7.78. The summed E-state index contributed by atoms with van der Waals surface area (Å²) in [6.45, 7) is 7.96. The van der Waals surface area contributed by atoms with Gasteiger partial charge in [0.25, 0.3) is 0 Å². The first-order valence-electron chi connectivity index (χ1n) is 11.9. The fourth-order valence-electron chi connectivity index (χ4n) is 4.73. The fourth-order valence-corrected chi connectivity index (χ4v) is 5.68. The monoisotopic (exact) mass is 581 g/mol. The van der Waals surface area contributed by atoms with E-state index in [2.05, 4.69) is 21.2 Å². The quantitative estimate of drug-likeness (QED) is 0.248. The average molecular weight is 583 g/mol. The van der Waals surface area contributed by atoms with Crippen molar-refractivity contribution in [1.82, 2.24) is 5.32 Å². The molecule has 196 valence electrons. The van der Waals surface area contributed by atoms with Crippen molar-refractivity contribution in [3.05, 3.63) is 44.7 Å². The Morgan fingerprint density at radius 1 is 1.28 bits per heavy atom. The van der Waals surface area contributed by atoms with Crippen LogP contribution in [-0.4, -0.2) is 54.7 Å². The van der Waals surface area contributed by atoms with E-state index < -0.39 is 29.6 Å². The molecule has 8 nitrogen and oxygen atoms in total. The number of aromatic hydroxyl groups is 1. The van der Waals surface area contributed by atoms with Gasteiger partial charge in [-0.25, -0.2) is 4.79 Å². The van der Waals surface area contributed by atoms with Crippen molar-refractivity contribution in [3.8, 4) is 11.5 Å². The zero-order valence-electron chi connectivity index (χ0n) is 21.1. The Bertz CT molecular complexity index is 1110. The van der Waals surface area contributed by atoms with Crippen LogP contribution < -0.4 is 10.1 Å². The van der Waals surface area contributed by atoms with Gasteiger partial charge in [0.2, 0.25) is 0 Å². The first-order valence-corrected chi connectivity index (χ1v) is 13.8. The predicted octanol–water partition coefficient (Wildman–Crippen LogP) is 4.46. The normalized spacial score (nSPS) is 21.6. The molecule has 2 aliphatic rings. The molecule has 36 heavy (non-hydrogen) atoms. The molecule has 1 aromatic rings. The van der Waals surface area contributed by atoms with Gasteiger partial charge in [-0.05, 0) is 65.6 Å². The van der Waals surface area contributed by atoms with Crippen LogP contribution in [0.15, 0.2) is 39.1 Å². The molecule has 0 bridgehead atoms. The molecule has 0 saturated carbocycles. The first kappa shape index (κ1) is 28.1. The van der Waals surface area contributed by atoms with Crippen LogP contribution in [0.5, 0.6) is 11.5 Å². The van der Waals surface area contributed by atoms with Crippen LogP contribution in [0, 0.1) is 11.8 Å². The lowest BCUT2D eigenvalue weighted by Crippen LogP contribution is -2.43. The number of thioether (sulfide) groups is 1. The number of benzene rings is 1. The number of phenolic OH excluding ortho intramolecular Hbond substituents is 1. The number of esters is 2. The van der Waals surface area contributed by atoms with Crippen LogP contribution in [0.25, 0.3) is 0 Å². The molecule has 1 heterocycles. The van der Waals surface area contributed by atoms with Crippen molar-refractivity contribution >= 4 is 45.4 Å². The van der Waals surface area contributed by atoms with E-state index in [4.69, 9.17) is 14.2 Å². The maximum absolute atomic E-state index is 13.8. The van der Waals surface area contributed by atoms with Gasteiger partial charge in [0.05, 0.1) is 23.8 Å². The van der Waals surface area contributed by atoms with Crippen molar-refractivity contribution < 1.29 is 33.7 Å². The van der Waals surface area contributed by atoms with Crippen LogP contribution in [0.3, 0.4) is 0 Å². The maximum Gasteiger partial charge on any atom is 0.336 e. The molecule has 1 aromatic carbocycles. The third kappa shape index (κ3) is 5.59. The van der Waals surface area contributed by atoms with Crippen LogP contribution in [-0.2, 0) is 23.9 Å². The van der Waals surface area contributed by atoms with E-state index in [9.17, 15) is 19.5 Å². The van der Waals surface area contributed by atoms with Gasteiger partial charge in [0.15, 0.2) is 17.3 Å². The molecule has 0 unspecified atom stereocenters. The van der Waals surface area contributed by atoms with Crippen molar-refractivity contribution in [2.75, 3.05) is 31.8 Å². The van der Waals surface area contributed by atoms with E-state index >= 15 is 0 Å². The van der Waals surface area contributed by atoms with Gasteiger partial charge in [-0.1, -0.05) is 13.8 Å². The Labute approximate surface area is 223 Å². The number of carbonyl (C=O) groups is 3. The first-order chi connectivity index (χ1) is 17.2. The number of methoxy groups -OCH3 is 1. The molecule has 3 rings (SSSR count). The van der Waals surface area contributed by atoms with Crippen LogP contribution in [0.2, 0.25) is 0 Å². The summed E-state index contributed by atoms with van der Waals surface area (Å²) in [5, 5.41) is 13.7. The summed E-state index contributed by atoms with van der Waals surface area (Å²) < 4.78 is 16.5. The second kappa shape index (κ2) is 12.2. The summed E-state index contributed by atoms with van der Waals surface area (Å²) in [5.41, 5.74) is 2.39. The average Bonchev–Trinajstić information content (AvgIpc) is 2.83. The fraction of sp³-hybridized carbons (Fsp3) is 0.500. The number of ketones is 1. The maximum atomic E-state index is 13.8. The third-order valence-electron chi connectivity index (χ3n) is 6.31. The number of Topliss-reactive ketones (excluding diaryl/α,β-unsaturated/α-hetero) is 1. The Morgan fingerprint density at radius 3 is 2.64 bits per heavy atom. The Kier molecular flexibility index (Phi) is 9.52. The summed E-state index contributed by atoms with van der Waals surface area (Å²) in [4.78, 5) is 39.8. The summed E-state index contributed by atoms with van der Waals surface area (Å²) >= 11 is 5.02. The summed E-state index contributed by atoms with van der Waals surface area (Å²) in [6.07, 6.45) is 0.432. The minimum Gasteiger partial charge on any atom is -0.503 e. The van der Waals surface area contributed by atoms with Gasteiger partial charge in [-0.15, -0.1) is 0 Å². The van der Waals surface area contributed by atoms with Crippen LogP contribution in [0.4, 0.5) is 0 Å². The number of dihydropyridines is 1. The van der Waals surface area contributed by atoms with Crippen LogP contribution in [0.1, 0.15) is 45.6 Å². The van der Waals surface area contributed by atoms with E-state index in [1.54, 1.807) is 37.7 Å². The lowest BCUT2D eigenvalue weighted by Gasteiger charge is -2.38. The van der Waals surface area contributed by atoms with Crippen molar-refractivity contribution in [1.29, 1.82) is 0 Å². The van der Waals surface area contributed by atoms with Crippen molar-refractivity contribution in [2.45, 2.75) is 40.0 Å². The van der Waals surface area contributed by atoms with Crippen molar-refractivity contribution in [3.63, 3.8) is 0 Å². The van der Waals surface area contributed by atoms with Crippen LogP contribution >= 0.6 is 27.7 Å². The number of rotatable bonds is 9. The molecular weight excluding hydrogens is 550 g/mol. The molecule has 0 amide bonds. The minimum atomic E-state index is -0.985. The van der Waals surface area contributed by atoms with E-state index in [-0.39, 0.29) is 29.6 Å². The largest absolute Gasteiger partial charge is 0.503 e. The molecule has 0 aromatic heterocycles. The second-order valence-electron chi connectivity index (χ2n) is 8.65. The molecule has 0 radical (unpaired) electrons. The molecule has 1 aliphatic carbocycles. The molecule has 10 heteroatoms. The van der Waals surface area contributed by atoms with Gasteiger partial charge < -0.3 is 24.6 Å². The number of hydrogen-bond donors (Lipinski definition) is 2. The zero-order chi connectivity index (χ0) is 26.6. The minimum absolute atomic E-state index is 0.0822. The van der Waals surface area contributed by atoms with Gasteiger partial charge in [0.1, 0.15) is 12.5 Å². The number of halogens is 1. The van der Waals surface area contributed by atoms with E-state index in [0.717, 1.165) is 5.75 Å². The summed E-state index contributed by atoms with van der Waals surface area (Å²) in [5.74, 6) is -1.94. The number of carbonyl (C=O) groups excluding carboxylic acids is 3. The van der Waals surface area contributed by atoms with Gasteiger partial charge in [0, 0.05) is 28.6 Å². The summed E-state index contributed by atoms with van der Waals surface area (Å²) in [7, 11) is 1.26. The number of hydrogen-bond acceptors (Lipinski definition) is 9. The number of phenols is 1. The molecule has 1 aliphatic heterocycles. The lowest BCUT2D eigenvalue weighted by atomic mass is 9.69. The van der Waals surface area contributed by atoms with Gasteiger partial charge in [-0.2, -0.15) is 11.8 Å². The smallest absolute Gasteiger partial charge is 0.336 e. The highest BCUT2D eigenvalue weighted by atomic mass is 79.9. The molecule has 3 atom stereocenters. The van der Waals surface area contributed by atoms with Gasteiger partial charge >= 0.3 is 11.9 Å². The van der Waals surface area contributed by atoms with Crippen molar-refractivity contribution in [2.24, 2.45) is 11.8 Å². The molecule has 2 N–H and O–H groups in total. The lowest BCUT2D eigenvalue weighted by molar-refractivity contribution is -0.151. The molecule has 0 spiro atoms. The highest BCUT2D eigenvalue weighted by Gasteiger charge is 2.47. The standard InChI is InChI=1S/C26H32BrNO7S/c1-6-34-18-12-15(11-16(27)23(18)29)21-20(26(32)35-8-9-36-7-2)14(4)28-17-10-13(3)19(25(31)33-5)24(30)22(17)21/h11-13,19,21,28-29H,6-10H2,1-5H3/t13-,19+,21-/m0/s1. The van der Waals surface area contributed by atoms with Gasteiger partial charge in [-0.3, -0.25) is 9.59 Å². The highest BCUT2D eigenvalue weighted by molar-refractivity contribution is 9.10. The Morgan fingerprint density at radius 2 is 2.00 bits per heavy atom. The SMILES string of the molecule is CCOc1cc([C@H]2C(C(=O)OCCSCC)=C(C)NC3=C2C(=O)[C@H](C(=O)OC)[C@@H](C)C3)cc(Br)c1O. The second-order valence-corrected chi connectivity index (χ2v) is 10.9. The Hall–Kier alpha value is -2.46. The number of nitrogens with one attached hydrogen (secondary N) is 1. The number of allylic oxidation sites excluding steroid dienone is 3. The number of ether oxygens (including phenoxy) is 3. The summed E-state index contributed by atoms with van der Waals surface area (Å²) in [6, 6.07) is 3.28. The topological polar surface area (TPSA) is 111 Å². The van der Waals surface area contributed by atoms with E-state index in [1.165, 1.54) is 7.11 Å². The zero-order valence-corrected chi connectivity index (χ0v) is 23.5. The predicted molar refractivity (Wildman–Crippen MR) is 141 cm³/mol. The van der Waals surface area contributed by atoms with E-state index in [0.29, 0.717) is 45.8 Å².